The Labute approximate surface area is 132 Å². The third-order valence-corrected chi connectivity index (χ3v) is 4.23. The predicted octanol–water partition coefficient (Wildman–Crippen LogP) is 1.52. The van der Waals surface area contributed by atoms with Crippen molar-refractivity contribution in [2.75, 3.05) is 38.0 Å². The van der Waals surface area contributed by atoms with Crippen LogP contribution in [-0.2, 0) is 22.4 Å². The van der Waals surface area contributed by atoms with Crippen molar-refractivity contribution in [3.05, 3.63) is 29.3 Å². The van der Waals surface area contributed by atoms with Gasteiger partial charge in [0, 0.05) is 31.9 Å². The maximum Gasteiger partial charge on any atom is 0.241 e. The fourth-order valence-corrected chi connectivity index (χ4v) is 2.82. The van der Waals surface area contributed by atoms with Crippen LogP contribution in [0.2, 0.25) is 0 Å². The number of carbonyl (C=O) groups excluding carboxylic acids is 2. The van der Waals surface area contributed by atoms with Crippen molar-refractivity contribution in [1.29, 1.82) is 0 Å². The minimum atomic E-state index is 0.0958. The summed E-state index contributed by atoms with van der Waals surface area (Å²) in [5.41, 5.74) is 3.60. The van der Waals surface area contributed by atoms with Gasteiger partial charge in [0.25, 0.3) is 0 Å². The average Bonchev–Trinajstić information content (AvgIpc) is 2.59. The van der Waals surface area contributed by atoms with Gasteiger partial charge < -0.3 is 15.1 Å². The number of anilines is 1. The number of nitrogens with zero attached hydrogens (tertiary/aromatic N) is 2. The van der Waals surface area contributed by atoms with Crippen LogP contribution in [0, 0.1) is 0 Å². The Balaban J connectivity index is 1.95. The van der Waals surface area contributed by atoms with Crippen molar-refractivity contribution in [3.63, 3.8) is 0 Å². The molecule has 1 aromatic rings. The number of carbonyl (C=O) groups is 2. The molecule has 1 heterocycles. The summed E-state index contributed by atoms with van der Waals surface area (Å²) in [6.45, 7) is 7.05. The summed E-state index contributed by atoms with van der Waals surface area (Å²) in [6, 6.07) is 6.28. The van der Waals surface area contributed by atoms with Crippen LogP contribution >= 0.6 is 0 Å². The molecule has 0 atom stereocenters. The molecule has 0 bridgehead atoms. The molecule has 5 nitrogen and oxygen atoms in total. The highest BCUT2D eigenvalue weighted by molar-refractivity contribution is 5.81. The monoisotopic (exact) mass is 303 g/mol. The van der Waals surface area contributed by atoms with Crippen molar-refractivity contribution in [2.45, 2.75) is 26.7 Å². The second-order valence-electron chi connectivity index (χ2n) is 5.53. The van der Waals surface area contributed by atoms with Crippen molar-refractivity contribution >= 4 is 18.0 Å². The van der Waals surface area contributed by atoms with E-state index in [1.807, 2.05) is 4.90 Å². The van der Waals surface area contributed by atoms with Crippen molar-refractivity contribution < 1.29 is 9.59 Å². The molecule has 120 valence electrons. The number of para-hydroxylation sites is 1. The van der Waals surface area contributed by atoms with Crippen molar-refractivity contribution in [1.82, 2.24) is 9.80 Å². The molecule has 22 heavy (non-hydrogen) atoms. The number of rotatable bonds is 6. The molecule has 1 fully saturated rings. The zero-order chi connectivity index (χ0) is 15.9. The van der Waals surface area contributed by atoms with Gasteiger partial charge in [-0.2, -0.15) is 0 Å². The number of hydrogen-bond acceptors (Lipinski definition) is 3. The topological polar surface area (TPSA) is 52.7 Å². The molecule has 0 aromatic heterocycles. The molecule has 1 N–H and O–H groups in total. The summed E-state index contributed by atoms with van der Waals surface area (Å²) in [7, 11) is 0. The fourth-order valence-electron chi connectivity index (χ4n) is 2.82. The van der Waals surface area contributed by atoms with Gasteiger partial charge in [-0.3, -0.25) is 9.59 Å². The Hall–Kier alpha value is -2.04. The second kappa shape index (κ2) is 7.82. The van der Waals surface area contributed by atoms with Crippen LogP contribution in [0.5, 0.6) is 0 Å². The van der Waals surface area contributed by atoms with Gasteiger partial charge in [0.15, 0.2) is 0 Å². The molecule has 0 saturated carbocycles. The van der Waals surface area contributed by atoms with E-state index in [0.29, 0.717) is 32.7 Å². The Morgan fingerprint density at radius 2 is 1.73 bits per heavy atom. The van der Waals surface area contributed by atoms with E-state index in [1.54, 1.807) is 4.90 Å². The molecule has 0 radical (unpaired) electrons. The highest BCUT2D eigenvalue weighted by atomic mass is 16.2. The molecule has 2 amide bonds. The first kappa shape index (κ1) is 16.3. The molecule has 5 heteroatoms. The van der Waals surface area contributed by atoms with Gasteiger partial charge in [-0.15, -0.1) is 0 Å². The van der Waals surface area contributed by atoms with E-state index >= 15 is 0 Å². The molecule has 0 spiro atoms. The van der Waals surface area contributed by atoms with Gasteiger partial charge in [0.2, 0.25) is 12.3 Å². The average molecular weight is 303 g/mol. The van der Waals surface area contributed by atoms with E-state index in [0.717, 1.165) is 24.9 Å². The second-order valence-corrected chi connectivity index (χ2v) is 5.53. The molecule has 2 rings (SSSR count). The molecule has 1 aromatic carbocycles. The maximum atomic E-state index is 12.3. The van der Waals surface area contributed by atoms with E-state index < -0.39 is 0 Å². The highest BCUT2D eigenvalue weighted by Gasteiger charge is 2.20. The van der Waals surface area contributed by atoms with Crippen LogP contribution in [0.1, 0.15) is 25.0 Å². The summed E-state index contributed by atoms with van der Waals surface area (Å²) in [4.78, 5) is 26.6. The van der Waals surface area contributed by atoms with Gasteiger partial charge in [0.1, 0.15) is 0 Å². The Bertz CT molecular complexity index is 500. The van der Waals surface area contributed by atoms with Crippen LogP contribution < -0.4 is 5.32 Å². The molecule has 0 unspecified atom stereocenters. The van der Waals surface area contributed by atoms with E-state index in [1.165, 1.54) is 11.1 Å². The fraction of sp³-hybridized carbons (Fsp3) is 0.529. The van der Waals surface area contributed by atoms with Gasteiger partial charge in [-0.05, 0) is 24.0 Å². The lowest BCUT2D eigenvalue weighted by Crippen LogP contribution is -2.49. The summed E-state index contributed by atoms with van der Waals surface area (Å²) < 4.78 is 0. The SMILES string of the molecule is CCc1cccc(CC)c1NCC(=O)N1CCN(C=O)CC1. The van der Waals surface area contributed by atoms with Crippen LogP contribution in [0.25, 0.3) is 0 Å². The normalized spacial score (nSPS) is 14.8. The lowest BCUT2D eigenvalue weighted by atomic mass is 10.0. The number of piperazine rings is 1. The number of nitrogens with one attached hydrogen (secondary N) is 1. The molecule has 0 aliphatic carbocycles. The molecule has 1 aliphatic heterocycles. The first-order valence-electron chi connectivity index (χ1n) is 8.01. The summed E-state index contributed by atoms with van der Waals surface area (Å²) >= 11 is 0. The van der Waals surface area contributed by atoms with Crippen LogP contribution in [0.4, 0.5) is 5.69 Å². The van der Waals surface area contributed by atoms with Crippen molar-refractivity contribution in [3.8, 4) is 0 Å². The smallest absolute Gasteiger partial charge is 0.241 e. The number of aryl methyl sites for hydroxylation is 2. The predicted molar refractivity (Wildman–Crippen MR) is 87.9 cm³/mol. The molecule has 1 aliphatic rings. The number of amides is 2. The molecule has 1 saturated heterocycles. The van der Waals surface area contributed by atoms with Crippen LogP contribution in [0.3, 0.4) is 0 Å². The van der Waals surface area contributed by atoms with Crippen LogP contribution in [0.15, 0.2) is 18.2 Å². The Morgan fingerprint density at radius 1 is 1.14 bits per heavy atom. The lowest BCUT2D eigenvalue weighted by molar-refractivity contribution is -0.133. The minimum Gasteiger partial charge on any atom is -0.376 e. The standard InChI is InChI=1S/C17H25N3O2/c1-3-14-6-5-7-15(4-2)17(14)18-12-16(22)20-10-8-19(13-21)9-11-20/h5-7,13,18H,3-4,8-12H2,1-2H3. The molecular weight excluding hydrogens is 278 g/mol. The van der Waals surface area contributed by atoms with Gasteiger partial charge in [0.05, 0.1) is 6.54 Å². The van der Waals surface area contributed by atoms with Crippen LogP contribution in [-0.4, -0.2) is 54.8 Å². The summed E-state index contributed by atoms with van der Waals surface area (Å²) in [6.07, 6.45) is 2.75. The quantitative estimate of drug-likeness (QED) is 0.811. The van der Waals surface area contributed by atoms with E-state index in [4.69, 9.17) is 0 Å². The minimum absolute atomic E-state index is 0.0958. The van der Waals surface area contributed by atoms with Gasteiger partial charge in [-0.25, -0.2) is 0 Å². The van der Waals surface area contributed by atoms with E-state index in [2.05, 4.69) is 37.4 Å². The first-order valence-corrected chi connectivity index (χ1v) is 8.01. The van der Waals surface area contributed by atoms with Crippen molar-refractivity contribution in [2.24, 2.45) is 0 Å². The lowest BCUT2D eigenvalue weighted by Gasteiger charge is -2.32. The number of benzene rings is 1. The van der Waals surface area contributed by atoms with E-state index in [9.17, 15) is 9.59 Å². The summed E-state index contributed by atoms with van der Waals surface area (Å²) in [5, 5.41) is 3.33. The Morgan fingerprint density at radius 3 is 2.23 bits per heavy atom. The Kier molecular flexibility index (Phi) is 5.81. The van der Waals surface area contributed by atoms with Gasteiger partial charge in [-0.1, -0.05) is 32.0 Å². The third kappa shape index (κ3) is 3.78. The highest BCUT2D eigenvalue weighted by Crippen LogP contribution is 2.22. The molecular formula is C17H25N3O2. The zero-order valence-corrected chi connectivity index (χ0v) is 13.5. The van der Waals surface area contributed by atoms with E-state index in [-0.39, 0.29) is 5.91 Å². The zero-order valence-electron chi connectivity index (χ0n) is 13.5. The largest absolute Gasteiger partial charge is 0.376 e. The third-order valence-electron chi connectivity index (χ3n) is 4.23. The number of hydrogen-bond donors (Lipinski definition) is 1. The summed E-state index contributed by atoms with van der Waals surface area (Å²) in [5.74, 6) is 0.0958. The maximum absolute atomic E-state index is 12.3. The van der Waals surface area contributed by atoms with Gasteiger partial charge >= 0.3 is 0 Å². The first-order chi connectivity index (χ1) is 10.7.